The number of piperidine rings is 1. The highest BCUT2D eigenvalue weighted by atomic mass is 16.6. The predicted molar refractivity (Wildman–Crippen MR) is 103 cm³/mol. The van der Waals surface area contributed by atoms with Gasteiger partial charge in [0.2, 0.25) is 11.8 Å². The van der Waals surface area contributed by atoms with E-state index in [9.17, 15) is 14.4 Å². The molecule has 7 nitrogen and oxygen atoms in total. The third kappa shape index (κ3) is 8.01. The van der Waals surface area contributed by atoms with E-state index in [-0.39, 0.29) is 30.8 Å². The number of nitrogens with one attached hydrogen (secondary N) is 2. The van der Waals surface area contributed by atoms with Crippen molar-refractivity contribution in [2.24, 2.45) is 5.92 Å². The van der Waals surface area contributed by atoms with E-state index in [0.29, 0.717) is 19.0 Å². The smallest absolute Gasteiger partial charge is 0.407 e. The number of carbonyl (C=O) groups is 3. The van der Waals surface area contributed by atoms with Crippen LogP contribution in [0.1, 0.15) is 59.8 Å². The van der Waals surface area contributed by atoms with Gasteiger partial charge in [0.15, 0.2) is 0 Å². The summed E-state index contributed by atoms with van der Waals surface area (Å²) in [6.45, 7) is 8.92. The van der Waals surface area contributed by atoms with Crippen molar-refractivity contribution in [2.75, 3.05) is 19.6 Å². The molecule has 7 heteroatoms. The zero-order chi connectivity index (χ0) is 20.0. The number of carbonyl (C=O) groups excluding carboxylic acids is 3. The fourth-order valence-corrected chi connectivity index (χ4v) is 3.12. The van der Waals surface area contributed by atoms with Crippen molar-refractivity contribution in [3.05, 3.63) is 11.6 Å². The molecule has 1 aliphatic carbocycles. The molecule has 2 N–H and O–H groups in total. The van der Waals surface area contributed by atoms with Crippen LogP contribution in [0.5, 0.6) is 0 Å². The van der Waals surface area contributed by atoms with E-state index in [1.165, 1.54) is 12.8 Å². The molecule has 1 saturated heterocycles. The Balaban J connectivity index is 1.63. The van der Waals surface area contributed by atoms with Gasteiger partial charge in [0.25, 0.3) is 0 Å². The molecule has 2 rings (SSSR count). The highest BCUT2D eigenvalue weighted by molar-refractivity contribution is 5.88. The van der Waals surface area contributed by atoms with Gasteiger partial charge in [-0.3, -0.25) is 9.59 Å². The molecule has 3 amide bonds. The van der Waals surface area contributed by atoms with Gasteiger partial charge in [0.1, 0.15) is 5.60 Å². The lowest BCUT2D eigenvalue weighted by atomic mass is 10.0. The third-order valence-electron chi connectivity index (χ3n) is 4.78. The van der Waals surface area contributed by atoms with Crippen LogP contribution in [-0.4, -0.2) is 54.1 Å². The number of alkyl carbamates (subject to hydrolysis) is 1. The Kier molecular flexibility index (Phi) is 7.27. The molecule has 0 aromatic rings. The minimum atomic E-state index is -0.549. The van der Waals surface area contributed by atoms with E-state index in [0.717, 1.165) is 18.4 Å². The van der Waals surface area contributed by atoms with Crippen LogP contribution in [0.3, 0.4) is 0 Å². The average Bonchev–Trinajstić information content (AvgIpc) is 3.38. The molecule has 1 saturated carbocycles. The summed E-state index contributed by atoms with van der Waals surface area (Å²) >= 11 is 0. The first-order valence-corrected chi connectivity index (χ1v) is 9.87. The topological polar surface area (TPSA) is 87.7 Å². The quantitative estimate of drug-likeness (QED) is 0.694. The molecule has 0 aromatic carbocycles. The van der Waals surface area contributed by atoms with Gasteiger partial charge in [0.05, 0.1) is 0 Å². The number of rotatable bonds is 6. The monoisotopic (exact) mass is 379 g/mol. The Morgan fingerprint density at radius 2 is 1.74 bits per heavy atom. The lowest BCUT2D eigenvalue weighted by Gasteiger charge is -2.32. The summed E-state index contributed by atoms with van der Waals surface area (Å²) in [5.41, 5.74) is 0.616. The van der Waals surface area contributed by atoms with Crippen LogP contribution in [0, 0.1) is 5.92 Å². The second kappa shape index (κ2) is 9.24. The predicted octanol–water partition coefficient (Wildman–Crippen LogP) is 2.36. The van der Waals surface area contributed by atoms with Crippen LogP contribution in [-0.2, 0) is 14.3 Å². The highest BCUT2D eigenvalue weighted by Crippen LogP contribution is 2.35. The maximum Gasteiger partial charge on any atom is 0.407 e. The first-order chi connectivity index (χ1) is 12.6. The van der Waals surface area contributed by atoms with E-state index < -0.39 is 11.7 Å². The minimum absolute atomic E-state index is 0.0142. The summed E-state index contributed by atoms with van der Waals surface area (Å²) in [6, 6.07) is 0.115. The Labute approximate surface area is 161 Å². The summed E-state index contributed by atoms with van der Waals surface area (Å²) in [5.74, 6) is 0.593. The number of ether oxygens (including phenoxy) is 1. The van der Waals surface area contributed by atoms with Gasteiger partial charge in [0, 0.05) is 38.2 Å². The van der Waals surface area contributed by atoms with Crippen LogP contribution >= 0.6 is 0 Å². The van der Waals surface area contributed by atoms with Crippen LogP contribution in [0.15, 0.2) is 11.6 Å². The van der Waals surface area contributed by atoms with Gasteiger partial charge in [-0.15, -0.1) is 0 Å². The van der Waals surface area contributed by atoms with Gasteiger partial charge < -0.3 is 20.3 Å². The molecule has 0 atom stereocenters. The standard InChI is InChI=1S/C20H33N3O4/c1-14(15-5-6-15)13-17(24)22-16-8-11-23(12-9-16)18(25)7-10-21-19(26)27-20(2,3)4/h13,15-16H,5-12H2,1-4H3,(H,21,26)(H,22,24)/b14-13+. The molecular weight excluding hydrogens is 346 g/mol. The largest absolute Gasteiger partial charge is 0.444 e. The van der Waals surface area contributed by atoms with Crippen LogP contribution in [0.25, 0.3) is 0 Å². The average molecular weight is 380 g/mol. The summed E-state index contributed by atoms with van der Waals surface area (Å²) in [5, 5.41) is 5.65. The number of hydrogen-bond donors (Lipinski definition) is 2. The first kappa shape index (κ1) is 21.3. The number of hydrogen-bond acceptors (Lipinski definition) is 4. The summed E-state index contributed by atoms with van der Waals surface area (Å²) in [4.78, 5) is 37.7. The second-order valence-corrected chi connectivity index (χ2v) is 8.50. The van der Waals surface area contributed by atoms with Crippen molar-refractivity contribution < 1.29 is 19.1 Å². The Hall–Kier alpha value is -2.05. The maximum atomic E-state index is 12.3. The van der Waals surface area contributed by atoms with Crippen LogP contribution in [0.2, 0.25) is 0 Å². The third-order valence-corrected chi connectivity index (χ3v) is 4.78. The zero-order valence-corrected chi connectivity index (χ0v) is 17.0. The van der Waals surface area contributed by atoms with Crippen molar-refractivity contribution in [3.63, 3.8) is 0 Å². The minimum Gasteiger partial charge on any atom is -0.444 e. The fraction of sp³-hybridized carbons (Fsp3) is 0.750. The molecule has 0 aromatic heterocycles. The molecule has 27 heavy (non-hydrogen) atoms. The van der Waals surface area contributed by atoms with E-state index >= 15 is 0 Å². The van der Waals surface area contributed by atoms with Crippen molar-refractivity contribution >= 4 is 17.9 Å². The normalized spacial score (nSPS) is 18.8. The lowest BCUT2D eigenvalue weighted by Crippen LogP contribution is -2.46. The van der Waals surface area contributed by atoms with Crippen molar-refractivity contribution in [3.8, 4) is 0 Å². The Bertz CT molecular complexity index is 583. The molecule has 0 unspecified atom stereocenters. The summed E-state index contributed by atoms with van der Waals surface area (Å²) in [6.07, 6.45) is 5.36. The number of allylic oxidation sites excluding steroid dienone is 1. The first-order valence-electron chi connectivity index (χ1n) is 9.87. The van der Waals surface area contributed by atoms with Gasteiger partial charge in [-0.2, -0.15) is 0 Å². The van der Waals surface area contributed by atoms with Crippen LogP contribution in [0.4, 0.5) is 4.79 Å². The van der Waals surface area contributed by atoms with E-state index in [4.69, 9.17) is 4.74 Å². The van der Waals surface area contributed by atoms with Gasteiger partial charge in [-0.25, -0.2) is 4.79 Å². The lowest BCUT2D eigenvalue weighted by molar-refractivity contribution is -0.132. The second-order valence-electron chi connectivity index (χ2n) is 8.50. The number of likely N-dealkylation sites (tertiary alicyclic amines) is 1. The number of nitrogens with zero attached hydrogens (tertiary/aromatic N) is 1. The number of amides is 3. The molecule has 0 radical (unpaired) electrons. The molecule has 1 aliphatic heterocycles. The Morgan fingerprint density at radius 1 is 1.11 bits per heavy atom. The molecule has 152 valence electrons. The maximum absolute atomic E-state index is 12.3. The van der Waals surface area contributed by atoms with E-state index in [1.807, 2.05) is 6.92 Å². The summed E-state index contributed by atoms with van der Waals surface area (Å²) < 4.78 is 5.14. The van der Waals surface area contributed by atoms with Crippen molar-refractivity contribution in [2.45, 2.75) is 71.4 Å². The van der Waals surface area contributed by atoms with Gasteiger partial charge in [-0.05, 0) is 59.3 Å². The zero-order valence-electron chi connectivity index (χ0n) is 17.0. The van der Waals surface area contributed by atoms with Gasteiger partial charge in [-0.1, -0.05) is 5.57 Å². The molecule has 2 fully saturated rings. The fourth-order valence-electron chi connectivity index (χ4n) is 3.12. The molecule has 2 aliphatic rings. The molecule has 0 bridgehead atoms. The molecule has 0 spiro atoms. The SMILES string of the molecule is C/C(=C\C(=O)NC1CCN(C(=O)CCNC(=O)OC(C)(C)C)CC1)C1CC1. The Morgan fingerprint density at radius 3 is 2.30 bits per heavy atom. The van der Waals surface area contributed by atoms with E-state index in [2.05, 4.69) is 10.6 Å². The van der Waals surface area contributed by atoms with Crippen molar-refractivity contribution in [1.29, 1.82) is 0 Å². The van der Waals surface area contributed by atoms with E-state index in [1.54, 1.807) is 31.7 Å². The summed E-state index contributed by atoms with van der Waals surface area (Å²) in [7, 11) is 0. The van der Waals surface area contributed by atoms with Crippen molar-refractivity contribution in [1.82, 2.24) is 15.5 Å². The van der Waals surface area contributed by atoms with Crippen LogP contribution < -0.4 is 10.6 Å². The highest BCUT2D eigenvalue weighted by Gasteiger charge is 2.26. The van der Waals surface area contributed by atoms with Gasteiger partial charge >= 0.3 is 6.09 Å². The molecule has 1 heterocycles. The molecular formula is C20H33N3O4.